The zero-order valence-electron chi connectivity index (χ0n) is 11.4. The predicted molar refractivity (Wildman–Crippen MR) is 78.4 cm³/mol. The molecule has 7 heteroatoms. The molecule has 0 radical (unpaired) electrons. The molecular formula is C14H17ClN2O4. The largest absolute Gasteiger partial charge is 0.396 e. The molecule has 1 fully saturated rings. The molecule has 6 nitrogen and oxygen atoms in total. The van der Waals surface area contributed by atoms with Crippen LogP contribution in [0.4, 0.5) is 5.69 Å². The molecule has 1 aliphatic carbocycles. The molecule has 0 saturated heterocycles. The van der Waals surface area contributed by atoms with Crippen molar-refractivity contribution in [3.8, 4) is 0 Å². The fraction of sp³-hybridized carbons (Fsp3) is 0.500. The molecule has 0 aliphatic heterocycles. The van der Waals surface area contributed by atoms with Crippen molar-refractivity contribution in [2.75, 3.05) is 6.61 Å². The lowest BCUT2D eigenvalue weighted by atomic mass is 9.85. The van der Waals surface area contributed by atoms with Crippen LogP contribution in [0.1, 0.15) is 36.0 Å². The fourth-order valence-electron chi connectivity index (χ4n) is 2.66. The Kier molecular flexibility index (Phi) is 5.14. The number of halogens is 1. The van der Waals surface area contributed by atoms with Crippen molar-refractivity contribution < 1.29 is 14.8 Å². The fourth-order valence-corrected chi connectivity index (χ4v) is 2.91. The number of benzene rings is 1. The van der Waals surface area contributed by atoms with Gasteiger partial charge in [-0.1, -0.05) is 24.4 Å². The van der Waals surface area contributed by atoms with Crippen molar-refractivity contribution in [3.05, 3.63) is 38.9 Å². The van der Waals surface area contributed by atoms with Crippen molar-refractivity contribution in [3.63, 3.8) is 0 Å². The second kappa shape index (κ2) is 6.87. The van der Waals surface area contributed by atoms with Crippen LogP contribution in [-0.2, 0) is 0 Å². The van der Waals surface area contributed by atoms with E-state index in [4.69, 9.17) is 11.6 Å². The van der Waals surface area contributed by atoms with Gasteiger partial charge in [-0.15, -0.1) is 0 Å². The monoisotopic (exact) mass is 312 g/mol. The number of nitro groups is 1. The maximum Gasteiger partial charge on any atom is 0.287 e. The van der Waals surface area contributed by atoms with E-state index in [1.54, 1.807) is 0 Å². The van der Waals surface area contributed by atoms with E-state index >= 15 is 0 Å². The van der Waals surface area contributed by atoms with E-state index in [-0.39, 0.29) is 40.7 Å². The first kappa shape index (κ1) is 15.7. The average molecular weight is 313 g/mol. The number of hydrogen-bond donors (Lipinski definition) is 2. The van der Waals surface area contributed by atoms with Crippen LogP contribution in [0.15, 0.2) is 18.2 Å². The van der Waals surface area contributed by atoms with Crippen LogP contribution >= 0.6 is 11.6 Å². The van der Waals surface area contributed by atoms with Crippen molar-refractivity contribution >= 4 is 23.2 Å². The van der Waals surface area contributed by atoms with Crippen LogP contribution in [0.3, 0.4) is 0 Å². The SMILES string of the molecule is O=C(N[C@@H]1CCCC[C@H]1CO)c1ccc([N+](=O)[O-])c(Cl)c1. The molecule has 2 atom stereocenters. The highest BCUT2D eigenvalue weighted by Gasteiger charge is 2.26. The van der Waals surface area contributed by atoms with Crippen LogP contribution in [0.25, 0.3) is 0 Å². The molecule has 0 unspecified atom stereocenters. The summed E-state index contributed by atoms with van der Waals surface area (Å²) < 4.78 is 0. The smallest absolute Gasteiger partial charge is 0.287 e. The van der Waals surface area contributed by atoms with Crippen molar-refractivity contribution in [1.29, 1.82) is 0 Å². The minimum atomic E-state index is -0.590. The average Bonchev–Trinajstić information content (AvgIpc) is 2.47. The van der Waals surface area contributed by atoms with Crippen LogP contribution in [0.2, 0.25) is 5.02 Å². The number of nitro benzene ring substituents is 1. The predicted octanol–water partition coefficient (Wildman–Crippen LogP) is 2.53. The number of rotatable bonds is 4. The second-order valence-corrected chi connectivity index (χ2v) is 5.64. The Balaban J connectivity index is 2.09. The van der Waals surface area contributed by atoms with Gasteiger partial charge < -0.3 is 10.4 Å². The first-order valence-electron chi connectivity index (χ1n) is 6.88. The summed E-state index contributed by atoms with van der Waals surface area (Å²) in [5.74, 6) is -0.256. The van der Waals surface area contributed by atoms with Gasteiger partial charge in [0.2, 0.25) is 0 Å². The summed E-state index contributed by atoms with van der Waals surface area (Å²) in [5, 5.41) is 22.9. The normalized spacial score (nSPS) is 21.8. The van der Waals surface area contributed by atoms with Gasteiger partial charge >= 0.3 is 0 Å². The number of nitrogens with one attached hydrogen (secondary N) is 1. The quantitative estimate of drug-likeness (QED) is 0.660. The summed E-state index contributed by atoms with van der Waals surface area (Å²) in [4.78, 5) is 22.3. The third-order valence-corrected chi connectivity index (χ3v) is 4.17. The molecule has 114 valence electrons. The number of carbonyl (C=O) groups is 1. The Labute approximate surface area is 127 Å². The third-order valence-electron chi connectivity index (χ3n) is 3.87. The maximum atomic E-state index is 12.2. The van der Waals surface area contributed by atoms with Gasteiger partial charge in [0.25, 0.3) is 11.6 Å². The number of nitrogens with zero attached hydrogens (tertiary/aromatic N) is 1. The highest BCUT2D eigenvalue weighted by molar-refractivity contribution is 6.33. The van der Waals surface area contributed by atoms with Gasteiger partial charge in [0.05, 0.1) is 4.92 Å². The van der Waals surface area contributed by atoms with Gasteiger partial charge in [-0.25, -0.2) is 0 Å². The lowest BCUT2D eigenvalue weighted by molar-refractivity contribution is -0.384. The van der Waals surface area contributed by atoms with Gasteiger partial charge in [-0.3, -0.25) is 14.9 Å². The van der Waals surface area contributed by atoms with Gasteiger partial charge in [0.1, 0.15) is 5.02 Å². The summed E-state index contributed by atoms with van der Waals surface area (Å²) in [6.45, 7) is 0.0476. The molecule has 0 heterocycles. The minimum Gasteiger partial charge on any atom is -0.396 e. The van der Waals surface area contributed by atoms with Gasteiger partial charge in [0, 0.05) is 30.2 Å². The van der Waals surface area contributed by atoms with E-state index in [0.717, 1.165) is 25.7 Å². The summed E-state index contributed by atoms with van der Waals surface area (Å²) in [7, 11) is 0. The molecule has 21 heavy (non-hydrogen) atoms. The Bertz CT molecular complexity index is 550. The lowest BCUT2D eigenvalue weighted by Crippen LogP contribution is -2.43. The summed E-state index contributed by atoms with van der Waals surface area (Å²) in [6.07, 6.45) is 3.80. The Morgan fingerprint density at radius 1 is 1.43 bits per heavy atom. The number of carbonyl (C=O) groups excluding carboxylic acids is 1. The minimum absolute atomic E-state index is 0.0476. The molecule has 2 N–H and O–H groups in total. The Hall–Kier alpha value is -1.66. The summed E-state index contributed by atoms with van der Waals surface area (Å²) in [6, 6.07) is 3.84. The highest BCUT2D eigenvalue weighted by atomic mass is 35.5. The number of aliphatic hydroxyl groups is 1. The zero-order chi connectivity index (χ0) is 15.4. The van der Waals surface area contributed by atoms with Crippen molar-refractivity contribution in [1.82, 2.24) is 5.32 Å². The molecule has 1 saturated carbocycles. The van der Waals surface area contributed by atoms with Gasteiger partial charge in [-0.05, 0) is 25.0 Å². The topological polar surface area (TPSA) is 92.5 Å². The molecule has 1 aliphatic rings. The summed E-state index contributed by atoms with van der Waals surface area (Å²) in [5.41, 5.74) is 0.0620. The van der Waals surface area contributed by atoms with Crippen LogP contribution in [-0.4, -0.2) is 28.6 Å². The molecule has 1 aromatic rings. The maximum absolute atomic E-state index is 12.2. The Morgan fingerprint density at radius 3 is 2.76 bits per heavy atom. The standard InChI is InChI=1S/C14H17ClN2O4/c15-11-7-9(5-6-13(11)17(20)21)14(19)16-12-4-2-1-3-10(12)8-18/h5-7,10,12,18H,1-4,8H2,(H,16,19)/t10-,12+/m0/s1. The zero-order valence-corrected chi connectivity index (χ0v) is 12.2. The first-order chi connectivity index (χ1) is 10.0. The van der Waals surface area contributed by atoms with E-state index in [0.29, 0.717) is 0 Å². The molecule has 0 bridgehead atoms. The molecular weight excluding hydrogens is 296 g/mol. The van der Waals surface area contributed by atoms with Gasteiger partial charge in [-0.2, -0.15) is 0 Å². The van der Waals surface area contributed by atoms with Crippen molar-refractivity contribution in [2.45, 2.75) is 31.7 Å². The highest BCUT2D eigenvalue weighted by Crippen LogP contribution is 2.26. The molecule has 1 amide bonds. The Morgan fingerprint density at radius 2 is 2.14 bits per heavy atom. The van der Waals surface area contributed by atoms with E-state index in [2.05, 4.69) is 5.32 Å². The summed E-state index contributed by atoms with van der Waals surface area (Å²) >= 11 is 5.81. The van der Waals surface area contributed by atoms with Crippen LogP contribution < -0.4 is 5.32 Å². The molecule has 2 rings (SSSR count). The van der Waals surface area contributed by atoms with Gasteiger partial charge in [0.15, 0.2) is 0 Å². The number of aliphatic hydroxyl groups excluding tert-OH is 1. The van der Waals surface area contributed by atoms with Crippen LogP contribution in [0.5, 0.6) is 0 Å². The van der Waals surface area contributed by atoms with E-state index < -0.39 is 4.92 Å². The number of hydrogen-bond acceptors (Lipinski definition) is 4. The van der Waals surface area contributed by atoms with E-state index in [9.17, 15) is 20.0 Å². The lowest BCUT2D eigenvalue weighted by Gasteiger charge is -2.30. The second-order valence-electron chi connectivity index (χ2n) is 5.23. The van der Waals surface area contributed by atoms with E-state index in [1.165, 1.54) is 18.2 Å². The molecule has 0 spiro atoms. The molecule has 1 aromatic carbocycles. The molecule has 0 aromatic heterocycles. The number of amides is 1. The van der Waals surface area contributed by atoms with Crippen molar-refractivity contribution in [2.24, 2.45) is 5.92 Å². The first-order valence-corrected chi connectivity index (χ1v) is 7.26. The van der Waals surface area contributed by atoms with Crippen LogP contribution in [0, 0.1) is 16.0 Å². The van der Waals surface area contributed by atoms with E-state index in [1.807, 2.05) is 0 Å². The third kappa shape index (κ3) is 3.71.